The number of nitrogens with zero attached hydrogens (tertiary/aromatic N) is 3. The van der Waals surface area contributed by atoms with Gasteiger partial charge in [0.1, 0.15) is 0 Å². The molecule has 0 bridgehead atoms. The SMILES string of the molecule is Cc1ccc(C(CN)N(C)CCN(C)C)cn1. The first-order valence-electron chi connectivity index (χ1n) is 6.02. The summed E-state index contributed by atoms with van der Waals surface area (Å²) in [5.41, 5.74) is 8.10. The summed E-state index contributed by atoms with van der Waals surface area (Å²) in [6.45, 7) is 4.65. The van der Waals surface area contributed by atoms with Gasteiger partial charge in [0, 0.05) is 37.6 Å². The molecule has 2 N–H and O–H groups in total. The maximum Gasteiger partial charge on any atom is 0.0483 e. The van der Waals surface area contributed by atoms with Crippen LogP contribution in [0.3, 0.4) is 0 Å². The van der Waals surface area contributed by atoms with Crippen molar-refractivity contribution in [1.82, 2.24) is 14.8 Å². The molecule has 1 atom stereocenters. The van der Waals surface area contributed by atoms with Gasteiger partial charge < -0.3 is 10.6 Å². The first-order valence-corrected chi connectivity index (χ1v) is 6.02. The molecule has 4 nitrogen and oxygen atoms in total. The monoisotopic (exact) mass is 236 g/mol. The zero-order valence-corrected chi connectivity index (χ0v) is 11.3. The molecular formula is C13H24N4. The lowest BCUT2D eigenvalue weighted by Crippen LogP contribution is -2.35. The third-order valence-electron chi connectivity index (χ3n) is 2.97. The second-order valence-corrected chi connectivity index (χ2v) is 4.77. The van der Waals surface area contributed by atoms with Crippen LogP contribution in [-0.2, 0) is 0 Å². The number of likely N-dealkylation sites (N-methyl/N-ethyl adjacent to an activating group) is 2. The van der Waals surface area contributed by atoms with Gasteiger partial charge in [-0.2, -0.15) is 0 Å². The van der Waals surface area contributed by atoms with Gasteiger partial charge in [-0.15, -0.1) is 0 Å². The fourth-order valence-corrected chi connectivity index (χ4v) is 1.76. The molecule has 1 aromatic rings. The van der Waals surface area contributed by atoms with E-state index in [1.165, 1.54) is 5.56 Å². The van der Waals surface area contributed by atoms with E-state index in [9.17, 15) is 0 Å². The maximum atomic E-state index is 5.87. The van der Waals surface area contributed by atoms with Gasteiger partial charge in [0.15, 0.2) is 0 Å². The van der Waals surface area contributed by atoms with Gasteiger partial charge in [0.05, 0.1) is 0 Å². The molecular weight excluding hydrogens is 212 g/mol. The molecule has 0 saturated heterocycles. The minimum Gasteiger partial charge on any atom is -0.329 e. The molecule has 0 aromatic carbocycles. The minimum absolute atomic E-state index is 0.253. The van der Waals surface area contributed by atoms with Crippen LogP contribution in [0.15, 0.2) is 18.3 Å². The Morgan fingerprint density at radius 1 is 1.24 bits per heavy atom. The van der Waals surface area contributed by atoms with Crippen LogP contribution in [0.1, 0.15) is 17.3 Å². The zero-order valence-electron chi connectivity index (χ0n) is 11.3. The van der Waals surface area contributed by atoms with Crippen LogP contribution in [-0.4, -0.2) is 55.6 Å². The number of rotatable bonds is 6. The average molecular weight is 236 g/mol. The second kappa shape index (κ2) is 6.69. The van der Waals surface area contributed by atoms with Crippen molar-refractivity contribution in [2.45, 2.75) is 13.0 Å². The smallest absolute Gasteiger partial charge is 0.0483 e. The Labute approximate surface area is 104 Å². The minimum atomic E-state index is 0.253. The van der Waals surface area contributed by atoms with E-state index in [1.807, 2.05) is 19.2 Å². The molecule has 0 aliphatic carbocycles. The Morgan fingerprint density at radius 3 is 2.41 bits per heavy atom. The van der Waals surface area contributed by atoms with Gasteiger partial charge in [-0.3, -0.25) is 9.88 Å². The molecule has 0 amide bonds. The van der Waals surface area contributed by atoms with E-state index in [2.05, 4.69) is 42.0 Å². The summed E-state index contributed by atoms with van der Waals surface area (Å²) in [6, 6.07) is 4.41. The van der Waals surface area contributed by atoms with Crippen LogP contribution in [0.25, 0.3) is 0 Å². The third kappa shape index (κ3) is 4.42. The lowest BCUT2D eigenvalue weighted by molar-refractivity contribution is 0.222. The molecule has 1 unspecified atom stereocenters. The molecule has 1 rings (SSSR count). The summed E-state index contributed by atoms with van der Waals surface area (Å²) in [5.74, 6) is 0. The number of hydrogen-bond donors (Lipinski definition) is 1. The summed E-state index contributed by atoms with van der Waals surface area (Å²) in [7, 11) is 6.28. The first kappa shape index (κ1) is 14.1. The first-order chi connectivity index (χ1) is 8.04. The number of aromatic nitrogens is 1. The summed E-state index contributed by atoms with van der Waals surface area (Å²) in [5, 5.41) is 0. The predicted molar refractivity (Wildman–Crippen MR) is 72.0 cm³/mol. The van der Waals surface area contributed by atoms with Crippen LogP contribution in [0.2, 0.25) is 0 Å². The molecule has 0 aliphatic rings. The Kier molecular flexibility index (Phi) is 5.55. The summed E-state index contributed by atoms with van der Waals surface area (Å²) in [6.07, 6.45) is 1.93. The number of pyridine rings is 1. The van der Waals surface area contributed by atoms with Crippen LogP contribution < -0.4 is 5.73 Å². The largest absolute Gasteiger partial charge is 0.329 e. The number of hydrogen-bond acceptors (Lipinski definition) is 4. The Bertz CT molecular complexity index is 321. The van der Waals surface area contributed by atoms with Gasteiger partial charge in [0.2, 0.25) is 0 Å². The highest BCUT2D eigenvalue weighted by atomic mass is 15.2. The van der Waals surface area contributed by atoms with Crippen molar-refractivity contribution in [2.24, 2.45) is 5.73 Å². The van der Waals surface area contributed by atoms with Crippen molar-refractivity contribution < 1.29 is 0 Å². The van der Waals surface area contributed by atoms with Crippen molar-refractivity contribution in [3.63, 3.8) is 0 Å². The van der Waals surface area contributed by atoms with Crippen LogP contribution in [0.4, 0.5) is 0 Å². The van der Waals surface area contributed by atoms with E-state index >= 15 is 0 Å². The fraction of sp³-hybridized carbons (Fsp3) is 0.615. The zero-order chi connectivity index (χ0) is 12.8. The predicted octanol–water partition coefficient (Wildman–Crippen LogP) is 0.883. The van der Waals surface area contributed by atoms with Crippen LogP contribution in [0, 0.1) is 6.92 Å². The highest BCUT2D eigenvalue weighted by molar-refractivity contribution is 5.17. The summed E-state index contributed by atoms with van der Waals surface area (Å²) in [4.78, 5) is 8.80. The standard InChI is InChI=1S/C13H24N4/c1-11-5-6-12(10-15-11)13(9-14)17(4)8-7-16(2)3/h5-6,10,13H,7-9,14H2,1-4H3. The van der Waals surface area contributed by atoms with Crippen molar-refractivity contribution >= 4 is 0 Å². The lowest BCUT2D eigenvalue weighted by atomic mass is 10.1. The third-order valence-corrected chi connectivity index (χ3v) is 2.97. The Morgan fingerprint density at radius 2 is 1.94 bits per heavy atom. The highest BCUT2D eigenvalue weighted by Gasteiger charge is 2.15. The van der Waals surface area contributed by atoms with Crippen molar-refractivity contribution in [1.29, 1.82) is 0 Å². The van der Waals surface area contributed by atoms with Gasteiger partial charge in [-0.1, -0.05) is 6.07 Å². The van der Waals surface area contributed by atoms with Crippen molar-refractivity contribution in [3.05, 3.63) is 29.6 Å². The van der Waals surface area contributed by atoms with Crippen LogP contribution in [0.5, 0.6) is 0 Å². The van der Waals surface area contributed by atoms with Gasteiger partial charge in [-0.25, -0.2) is 0 Å². The lowest BCUT2D eigenvalue weighted by Gasteiger charge is -2.28. The molecule has 0 fully saturated rings. The second-order valence-electron chi connectivity index (χ2n) is 4.77. The molecule has 17 heavy (non-hydrogen) atoms. The number of aryl methyl sites for hydroxylation is 1. The molecule has 0 saturated carbocycles. The quantitative estimate of drug-likeness (QED) is 0.796. The Hall–Kier alpha value is -0.970. The maximum absolute atomic E-state index is 5.87. The normalized spacial score (nSPS) is 13.4. The van der Waals surface area contributed by atoms with E-state index in [4.69, 9.17) is 5.73 Å². The van der Waals surface area contributed by atoms with Crippen molar-refractivity contribution in [3.8, 4) is 0 Å². The molecule has 4 heteroatoms. The van der Waals surface area contributed by atoms with E-state index in [1.54, 1.807) is 0 Å². The van der Waals surface area contributed by atoms with Gasteiger partial charge in [-0.05, 0) is 39.7 Å². The van der Waals surface area contributed by atoms with E-state index < -0.39 is 0 Å². The van der Waals surface area contributed by atoms with Gasteiger partial charge in [0.25, 0.3) is 0 Å². The molecule has 1 aromatic heterocycles. The Balaban J connectivity index is 2.66. The number of nitrogens with two attached hydrogens (primary N) is 1. The topological polar surface area (TPSA) is 45.4 Å². The summed E-state index contributed by atoms with van der Waals surface area (Å²) < 4.78 is 0. The molecule has 0 spiro atoms. The average Bonchev–Trinajstić information content (AvgIpc) is 2.30. The van der Waals surface area contributed by atoms with Gasteiger partial charge >= 0.3 is 0 Å². The van der Waals surface area contributed by atoms with Crippen LogP contribution >= 0.6 is 0 Å². The van der Waals surface area contributed by atoms with E-state index in [0.29, 0.717) is 6.54 Å². The summed E-state index contributed by atoms with van der Waals surface area (Å²) >= 11 is 0. The molecule has 96 valence electrons. The molecule has 1 heterocycles. The van der Waals surface area contributed by atoms with E-state index in [-0.39, 0.29) is 6.04 Å². The highest BCUT2D eigenvalue weighted by Crippen LogP contribution is 2.17. The van der Waals surface area contributed by atoms with E-state index in [0.717, 1.165) is 18.8 Å². The van der Waals surface area contributed by atoms with Crippen molar-refractivity contribution in [2.75, 3.05) is 40.8 Å². The molecule has 0 radical (unpaired) electrons. The molecule has 0 aliphatic heterocycles. The fourth-order valence-electron chi connectivity index (χ4n) is 1.76.